The molecule has 1 aliphatic rings. The number of carbonyl (C=O) groups is 2. The number of methoxy groups -OCH3 is 2. The molecule has 0 spiro atoms. The number of aliphatic hydroxyl groups excluding tert-OH is 1. The minimum Gasteiger partial charge on any atom is -0.507 e. The van der Waals surface area contributed by atoms with Gasteiger partial charge in [-0.2, -0.15) is 0 Å². The van der Waals surface area contributed by atoms with E-state index in [1.54, 1.807) is 18.2 Å². The quantitative estimate of drug-likeness (QED) is 0.329. The van der Waals surface area contributed by atoms with E-state index in [4.69, 9.17) is 14.2 Å². The number of ketones is 1. The van der Waals surface area contributed by atoms with Crippen molar-refractivity contribution in [2.45, 2.75) is 26.0 Å². The number of rotatable bonds is 9. The second kappa shape index (κ2) is 10.8. The molecule has 1 amide bonds. The highest BCUT2D eigenvalue weighted by Crippen LogP contribution is 2.43. The number of carbonyl (C=O) groups excluding carboxylic acids is 2. The summed E-state index contributed by atoms with van der Waals surface area (Å²) < 4.78 is 30.6. The Balaban J connectivity index is 2.23. The molecule has 2 aromatic rings. The molecule has 1 aliphatic heterocycles. The number of hydrogen-bond donors (Lipinski definition) is 1. The molecule has 1 heterocycles. The first-order chi connectivity index (χ1) is 16.6. The lowest BCUT2D eigenvalue weighted by atomic mass is 9.94. The lowest BCUT2D eigenvalue weighted by Gasteiger charge is -2.27. The van der Waals surface area contributed by atoms with Gasteiger partial charge >= 0.3 is 0 Å². The smallest absolute Gasteiger partial charge is 0.295 e. The molecular weight excluding hydrogens is 455 g/mol. The van der Waals surface area contributed by atoms with Gasteiger partial charge in [-0.05, 0) is 63.8 Å². The highest BCUT2D eigenvalue weighted by atomic mass is 19.1. The first-order valence-corrected chi connectivity index (χ1v) is 11.2. The number of benzene rings is 2. The number of ether oxygens (including phenoxy) is 3. The van der Waals surface area contributed by atoms with Crippen molar-refractivity contribution in [2.75, 3.05) is 41.4 Å². The van der Waals surface area contributed by atoms with Gasteiger partial charge in [-0.15, -0.1) is 0 Å². The summed E-state index contributed by atoms with van der Waals surface area (Å²) in [6, 6.07) is 7.76. The van der Waals surface area contributed by atoms with Crippen LogP contribution in [0.2, 0.25) is 0 Å². The molecule has 1 N–H and O–H groups in total. The van der Waals surface area contributed by atoms with Crippen LogP contribution in [-0.4, -0.2) is 74.1 Å². The Bertz CT molecular complexity index is 1140. The van der Waals surface area contributed by atoms with E-state index in [0.717, 1.165) is 6.07 Å². The fraction of sp³-hybridized carbons (Fsp3) is 0.385. The summed E-state index contributed by atoms with van der Waals surface area (Å²) in [6.45, 7) is 4.48. The first kappa shape index (κ1) is 26.0. The van der Waals surface area contributed by atoms with Gasteiger partial charge in [0.1, 0.15) is 17.3 Å². The molecule has 0 aliphatic carbocycles. The summed E-state index contributed by atoms with van der Waals surface area (Å²) in [5.74, 6) is -1.67. The molecule has 8 nitrogen and oxygen atoms in total. The molecule has 0 aromatic heterocycles. The van der Waals surface area contributed by atoms with E-state index in [1.807, 2.05) is 32.8 Å². The van der Waals surface area contributed by atoms with Gasteiger partial charge in [-0.1, -0.05) is 6.07 Å². The van der Waals surface area contributed by atoms with E-state index in [1.165, 1.54) is 31.3 Å². The largest absolute Gasteiger partial charge is 0.507 e. The van der Waals surface area contributed by atoms with Gasteiger partial charge in [-0.25, -0.2) is 4.39 Å². The van der Waals surface area contributed by atoms with Crippen LogP contribution in [0, 0.1) is 5.82 Å². The van der Waals surface area contributed by atoms with Crippen LogP contribution in [0.1, 0.15) is 31.0 Å². The lowest BCUT2D eigenvalue weighted by molar-refractivity contribution is -0.140. The molecule has 1 unspecified atom stereocenters. The van der Waals surface area contributed by atoms with Gasteiger partial charge < -0.3 is 29.1 Å². The Kier molecular flexibility index (Phi) is 8.01. The van der Waals surface area contributed by atoms with E-state index in [2.05, 4.69) is 0 Å². The summed E-state index contributed by atoms with van der Waals surface area (Å²) in [6.07, 6.45) is -0.0964. The molecule has 1 atom stereocenters. The third-order valence-corrected chi connectivity index (χ3v) is 5.61. The number of halogens is 1. The Hall–Kier alpha value is -3.59. The maximum Gasteiger partial charge on any atom is 0.295 e. The zero-order chi connectivity index (χ0) is 25.9. The van der Waals surface area contributed by atoms with Crippen molar-refractivity contribution >= 4 is 17.4 Å². The molecule has 2 aromatic carbocycles. The molecule has 188 valence electrons. The third kappa shape index (κ3) is 5.40. The maximum atomic E-state index is 14.1. The second-order valence-electron chi connectivity index (χ2n) is 8.72. The highest BCUT2D eigenvalue weighted by Gasteiger charge is 2.46. The Morgan fingerprint density at radius 2 is 1.71 bits per heavy atom. The van der Waals surface area contributed by atoms with E-state index >= 15 is 0 Å². The highest BCUT2D eigenvalue weighted by molar-refractivity contribution is 6.46. The van der Waals surface area contributed by atoms with Gasteiger partial charge in [0.25, 0.3) is 11.7 Å². The summed E-state index contributed by atoms with van der Waals surface area (Å²) in [5.41, 5.74) is 0.361. The summed E-state index contributed by atoms with van der Waals surface area (Å²) >= 11 is 0. The average Bonchev–Trinajstić information content (AvgIpc) is 3.06. The van der Waals surface area contributed by atoms with Crippen LogP contribution in [0.4, 0.5) is 4.39 Å². The van der Waals surface area contributed by atoms with Gasteiger partial charge in [0, 0.05) is 13.1 Å². The fourth-order valence-electron chi connectivity index (χ4n) is 3.98. The first-order valence-electron chi connectivity index (χ1n) is 11.2. The van der Waals surface area contributed by atoms with E-state index in [-0.39, 0.29) is 29.5 Å². The summed E-state index contributed by atoms with van der Waals surface area (Å²) in [4.78, 5) is 29.6. The van der Waals surface area contributed by atoms with Crippen LogP contribution in [0.15, 0.2) is 42.0 Å². The van der Waals surface area contributed by atoms with E-state index in [0.29, 0.717) is 23.6 Å². The standard InChI is InChI=1S/C26H31FN2O6/c1-15(2)35-20-9-7-16(13-21(20)34-6)23-22(25(31)26(32)29(23)12-11-28(3)4)24(30)18-14-17(27)8-10-19(18)33-5/h7-10,13-15,23,30H,11-12H2,1-6H3/b24-22+. The summed E-state index contributed by atoms with van der Waals surface area (Å²) in [5, 5.41) is 11.2. The van der Waals surface area contributed by atoms with Crippen molar-refractivity contribution in [3.05, 3.63) is 58.9 Å². The third-order valence-electron chi connectivity index (χ3n) is 5.61. The molecule has 0 saturated carbocycles. The molecule has 1 fully saturated rings. The molecule has 0 bridgehead atoms. The Labute approximate surface area is 204 Å². The zero-order valence-electron chi connectivity index (χ0n) is 20.8. The van der Waals surface area contributed by atoms with Crippen molar-refractivity contribution in [1.82, 2.24) is 9.80 Å². The van der Waals surface area contributed by atoms with E-state index in [9.17, 15) is 19.1 Å². The average molecular weight is 487 g/mol. The van der Waals surface area contributed by atoms with Crippen LogP contribution in [0.3, 0.4) is 0 Å². The van der Waals surface area contributed by atoms with Crippen molar-refractivity contribution in [3.8, 4) is 17.2 Å². The van der Waals surface area contributed by atoms with Crippen LogP contribution in [0.5, 0.6) is 17.2 Å². The molecule has 1 saturated heterocycles. The van der Waals surface area contributed by atoms with Gasteiger partial charge in [-0.3, -0.25) is 9.59 Å². The fourth-order valence-corrected chi connectivity index (χ4v) is 3.98. The van der Waals surface area contributed by atoms with Gasteiger partial charge in [0.15, 0.2) is 11.5 Å². The lowest BCUT2D eigenvalue weighted by Crippen LogP contribution is -2.35. The predicted octanol–water partition coefficient (Wildman–Crippen LogP) is 3.61. The number of likely N-dealkylation sites (N-methyl/N-ethyl adjacent to an activating group) is 1. The van der Waals surface area contributed by atoms with Gasteiger partial charge in [0.2, 0.25) is 0 Å². The van der Waals surface area contributed by atoms with Crippen molar-refractivity contribution < 1.29 is 33.3 Å². The van der Waals surface area contributed by atoms with Gasteiger partial charge in [0.05, 0.1) is 37.5 Å². The van der Waals surface area contributed by atoms with Crippen LogP contribution in [0.25, 0.3) is 5.76 Å². The topological polar surface area (TPSA) is 88.5 Å². The molecule has 0 radical (unpaired) electrons. The van der Waals surface area contributed by atoms with Crippen LogP contribution >= 0.6 is 0 Å². The molecule has 35 heavy (non-hydrogen) atoms. The Morgan fingerprint density at radius 1 is 1.06 bits per heavy atom. The number of hydrogen-bond acceptors (Lipinski definition) is 7. The maximum absolute atomic E-state index is 14.1. The number of Topliss-reactive ketones (excluding diaryl/α,β-unsaturated/α-hetero) is 1. The van der Waals surface area contributed by atoms with E-state index < -0.39 is 29.3 Å². The SMILES string of the molecule is COc1cc(C2/C(=C(\O)c3cc(F)ccc3OC)C(=O)C(=O)N2CCN(C)C)ccc1OC(C)C. The zero-order valence-corrected chi connectivity index (χ0v) is 20.8. The number of amides is 1. The predicted molar refractivity (Wildman–Crippen MR) is 129 cm³/mol. The monoisotopic (exact) mass is 486 g/mol. The molecular formula is C26H31FN2O6. The normalized spacial score (nSPS) is 17.4. The number of nitrogens with zero attached hydrogens (tertiary/aromatic N) is 2. The minimum atomic E-state index is -0.926. The second-order valence-corrected chi connectivity index (χ2v) is 8.72. The van der Waals surface area contributed by atoms with Crippen molar-refractivity contribution in [3.63, 3.8) is 0 Å². The van der Waals surface area contributed by atoms with Crippen molar-refractivity contribution in [2.24, 2.45) is 0 Å². The van der Waals surface area contributed by atoms with Crippen LogP contribution in [-0.2, 0) is 9.59 Å². The van der Waals surface area contributed by atoms with Crippen LogP contribution < -0.4 is 14.2 Å². The number of likely N-dealkylation sites (tertiary alicyclic amines) is 1. The summed E-state index contributed by atoms with van der Waals surface area (Å²) in [7, 11) is 6.57. The Morgan fingerprint density at radius 3 is 2.31 bits per heavy atom. The van der Waals surface area contributed by atoms with Crippen molar-refractivity contribution in [1.29, 1.82) is 0 Å². The minimum absolute atomic E-state index is 0.0187. The molecule has 9 heteroatoms. The number of aliphatic hydroxyl groups is 1. The molecule has 3 rings (SSSR count).